The van der Waals surface area contributed by atoms with Gasteiger partial charge in [0.2, 0.25) is 0 Å². The van der Waals surface area contributed by atoms with Crippen LogP contribution in [0.25, 0.3) is 0 Å². The molecule has 2 heterocycles. The Hall–Kier alpha value is -1.22. The van der Waals surface area contributed by atoms with Crippen LogP contribution in [-0.4, -0.2) is 24.6 Å². The largest absolute Gasteiger partial charge is 0.433 e. The van der Waals surface area contributed by atoms with Gasteiger partial charge < -0.3 is 5.32 Å². The molecule has 1 unspecified atom stereocenters. The van der Waals surface area contributed by atoms with Crippen molar-refractivity contribution in [1.82, 2.24) is 15.3 Å². The first-order chi connectivity index (χ1) is 8.60. The molecule has 0 saturated heterocycles. The van der Waals surface area contributed by atoms with Crippen LogP contribution in [-0.2, 0) is 29.1 Å². The van der Waals surface area contributed by atoms with Crippen LogP contribution in [0.15, 0.2) is 0 Å². The van der Waals surface area contributed by atoms with Crippen molar-refractivity contribution >= 4 is 9.84 Å². The van der Waals surface area contributed by atoms with Crippen LogP contribution in [0.1, 0.15) is 34.9 Å². The second kappa shape index (κ2) is 4.41. The van der Waals surface area contributed by atoms with Crippen molar-refractivity contribution in [2.45, 2.75) is 31.4 Å². The summed E-state index contributed by atoms with van der Waals surface area (Å²) < 4.78 is 61.6. The maximum atomic E-state index is 12.9. The van der Waals surface area contributed by atoms with Crippen LogP contribution in [0.5, 0.6) is 0 Å². The van der Waals surface area contributed by atoms with Crippen LogP contribution in [0.3, 0.4) is 0 Å². The van der Waals surface area contributed by atoms with Crippen LogP contribution in [0, 0.1) is 0 Å². The summed E-state index contributed by atoms with van der Waals surface area (Å²) in [4.78, 5) is 7.37. The molecule has 1 aromatic heterocycles. The number of alkyl halides is 3. The van der Waals surface area contributed by atoms with Crippen LogP contribution >= 0.6 is 0 Å². The Bertz CT molecular complexity index is 613. The summed E-state index contributed by atoms with van der Waals surface area (Å²) in [6.45, 7) is 1.50. The van der Waals surface area contributed by atoms with Gasteiger partial charge >= 0.3 is 6.18 Å². The number of rotatable bonds is 2. The van der Waals surface area contributed by atoms with Gasteiger partial charge in [-0.05, 0) is 6.92 Å². The quantitative estimate of drug-likeness (QED) is 0.887. The van der Waals surface area contributed by atoms with Gasteiger partial charge in [0.1, 0.15) is 11.1 Å². The summed E-state index contributed by atoms with van der Waals surface area (Å²) in [5.74, 6) is -0.308. The smallest absolute Gasteiger partial charge is 0.307 e. The molecule has 1 N–H and O–H groups in total. The predicted octanol–water partition coefficient (Wildman–Crippen LogP) is 1.20. The Morgan fingerprint density at radius 1 is 1.26 bits per heavy atom. The second-order valence-corrected chi connectivity index (χ2v) is 6.79. The average Bonchev–Trinajstić information content (AvgIpc) is 2.71. The lowest BCUT2D eigenvalue weighted by molar-refractivity contribution is -0.142. The number of sulfone groups is 1. The van der Waals surface area contributed by atoms with E-state index in [1.165, 1.54) is 6.92 Å². The summed E-state index contributed by atoms with van der Waals surface area (Å²) in [6.07, 6.45) is -3.68. The molecule has 0 spiro atoms. The van der Waals surface area contributed by atoms with E-state index in [1.54, 1.807) is 0 Å². The lowest BCUT2D eigenvalue weighted by Crippen LogP contribution is -2.19. The van der Waals surface area contributed by atoms with E-state index in [0.29, 0.717) is 0 Å². The molecule has 0 aromatic carbocycles. The van der Waals surface area contributed by atoms with E-state index in [1.807, 2.05) is 0 Å². The normalized spacial score (nSPS) is 17.3. The molecule has 0 aliphatic carbocycles. The highest BCUT2D eigenvalue weighted by molar-refractivity contribution is 7.90. The molecule has 2 rings (SSSR count). The highest BCUT2D eigenvalue weighted by Gasteiger charge is 2.39. The lowest BCUT2D eigenvalue weighted by atomic mass is 10.1. The molecule has 9 heteroatoms. The molecule has 1 aromatic rings. The summed E-state index contributed by atoms with van der Waals surface area (Å²) in [7, 11) is -3.55. The maximum absolute atomic E-state index is 12.9. The monoisotopic (exact) mass is 295 g/mol. The standard InChI is InChI=1S/C10H12F3N3O2S/c1-5(19(2,17)18)9-15-7-4-14-3-6(7)8(16-9)10(11,12)13/h5,14H,3-4H2,1-2H3. The Balaban J connectivity index is 2.61. The number of hydrogen-bond acceptors (Lipinski definition) is 5. The highest BCUT2D eigenvalue weighted by Crippen LogP contribution is 2.34. The van der Waals surface area contributed by atoms with Gasteiger partial charge in [0, 0.05) is 24.9 Å². The third-order valence-corrected chi connectivity index (χ3v) is 4.47. The minimum absolute atomic E-state index is 0.00282. The molecule has 0 saturated carbocycles. The van der Waals surface area contributed by atoms with Crippen LogP contribution < -0.4 is 5.32 Å². The molecule has 0 fully saturated rings. The molecule has 19 heavy (non-hydrogen) atoms. The first-order valence-corrected chi connectivity index (χ1v) is 7.42. The number of aromatic nitrogens is 2. The fraction of sp³-hybridized carbons (Fsp3) is 0.600. The third kappa shape index (κ3) is 2.71. The summed E-state index contributed by atoms with van der Waals surface area (Å²) in [5, 5.41) is 1.59. The molecule has 1 aliphatic heterocycles. The summed E-state index contributed by atoms with van der Waals surface area (Å²) >= 11 is 0. The van der Waals surface area contributed by atoms with Gasteiger partial charge in [-0.25, -0.2) is 18.4 Å². The minimum atomic E-state index is -4.62. The van der Waals surface area contributed by atoms with Gasteiger partial charge in [-0.3, -0.25) is 0 Å². The molecule has 5 nitrogen and oxygen atoms in total. The highest BCUT2D eigenvalue weighted by atomic mass is 32.2. The molecule has 0 bridgehead atoms. The second-order valence-electron chi connectivity index (χ2n) is 4.43. The van der Waals surface area contributed by atoms with E-state index in [9.17, 15) is 21.6 Å². The van der Waals surface area contributed by atoms with Gasteiger partial charge in [-0.1, -0.05) is 0 Å². The fourth-order valence-corrected chi connectivity index (χ4v) is 2.28. The van der Waals surface area contributed by atoms with Crippen LogP contribution in [0.4, 0.5) is 13.2 Å². The molecule has 1 aliphatic rings. The zero-order chi connectivity index (χ0) is 14.4. The van der Waals surface area contributed by atoms with Crippen molar-refractivity contribution in [3.05, 3.63) is 22.8 Å². The SMILES string of the molecule is CC(c1nc2c(c(C(F)(F)F)n1)CNC2)S(C)(=O)=O. The first kappa shape index (κ1) is 14.2. The Morgan fingerprint density at radius 3 is 2.42 bits per heavy atom. The molecular weight excluding hydrogens is 283 g/mol. The van der Waals surface area contributed by atoms with Gasteiger partial charge in [0.25, 0.3) is 0 Å². The maximum Gasteiger partial charge on any atom is 0.433 e. The van der Waals surface area contributed by atoms with Crippen molar-refractivity contribution in [2.75, 3.05) is 6.26 Å². The Labute approximate surface area is 108 Å². The summed E-state index contributed by atoms with van der Waals surface area (Å²) in [5.41, 5.74) is -0.835. The van der Waals surface area contributed by atoms with E-state index < -0.39 is 27.0 Å². The Kier molecular flexibility index (Phi) is 3.29. The van der Waals surface area contributed by atoms with Crippen molar-refractivity contribution in [2.24, 2.45) is 0 Å². The molecule has 106 valence electrons. The van der Waals surface area contributed by atoms with E-state index in [-0.39, 0.29) is 30.2 Å². The molecular formula is C10H12F3N3O2S. The van der Waals surface area contributed by atoms with Crippen molar-refractivity contribution in [3.63, 3.8) is 0 Å². The number of fused-ring (bicyclic) bond motifs is 1. The molecule has 0 amide bonds. The molecule has 0 radical (unpaired) electrons. The van der Waals surface area contributed by atoms with Gasteiger partial charge in [-0.2, -0.15) is 13.2 Å². The van der Waals surface area contributed by atoms with E-state index >= 15 is 0 Å². The topological polar surface area (TPSA) is 72.0 Å². The Morgan fingerprint density at radius 2 is 1.89 bits per heavy atom. The van der Waals surface area contributed by atoms with Gasteiger partial charge in [0.05, 0.1) is 5.69 Å². The van der Waals surface area contributed by atoms with Crippen molar-refractivity contribution < 1.29 is 21.6 Å². The van der Waals surface area contributed by atoms with Crippen molar-refractivity contribution in [3.8, 4) is 0 Å². The average molecular weight is 295 g/mol. The van der Waals surface area contributed by atoms with Gasteiger partial charge in [-0.15, -0.1) is 0 Å². The first-order valence-electron chi connectivity index (χ1n) is 5.47. The molecule has 1 atom stereocenters. The number of nitrogens with zero attached hydrogens (tertiary/aromatic N) is 2. The van der Waals surface area contributed by atoms with Crippen molar-refractivity contribution in [1.29, 1.82) is 0 Å². The summed E-state index contributed by atoms with van der Waals surface area (Å²) in [6, 6.07) is 0. The van der Waals surface area contributed by atoms with E-state index in [2.05, 4.69) is 15.3 Å². The number of hydrogen-bond donors (Lipinski definition) is 1. The van der Waals surface area contributed by atoms with Crippen LogP contribution in [0.2, 0.25) is 0 Å². The van der Waals surface area contributed by atoms with E-state index in [4.69, 9.17) is 0 Å². The third-order valence-electron chi connectivity index (χ3n) is 2.98. The zero-order valence-corrected chi connectivity index (χ0v) is 11.1. The minimum Gasteiger partial charge on any atom is -0.307 e. The fourth-order valence-electron chi connectivity index (χ4n) is 1.80. The number of halogens is 3. The zero-order valence-electron chi connectivity index (χ0n) is 10.2. The predicted molar refractivity (Wildman–Crippen MR) is 60.8 cm³/mol. The number of nitrogens with one attached hydrogen (secondary N) is 1. The van der Waals surface area contributed by atoms with Gasteiger partial charge in [0.15, 0.2) is 15.5 Å². The lowest BCUT2D eigenvalue weighted by Gasteiger charge is -2.14. The van der Waals surface area contributed by atoms with E-state index in [0.717, 1.165) is 6.26 Å².